The first-order valence-electron chi connectivity index (χ1n) is 5.22. The van der Waals surface area contributed by atoms with Crippen LogP contribution in [0.4, 0.5) is 0 Å². The van der Waals surface area contributed by atoms with Crippen molar-refractivity contribution in [2.45, 2.75) is 0 Å². The van der Waals surface area contributed by atoms with E-state index in [0.717, 1.165) is 16.5 Å². The second-order valence-electron chi connectivity index (χ2n) is 3.80. The summed E-state index contributed by atoms with van der Waals surface area (Å²) in [6.07, 6.45) is 0. The number of phenolic OH excluding ortho intramolecular Hbond substituents is 1. The first kappa shape index (κ1) is 10.2. The molecule has 0 saturated carbocycles. The zero-order valence-corrected chi connectivity index (χ0v) is 9.61. The van der Waals surface area contributed by atoms with Gasteiger partial charge in [-0.1, -0.05) is 30.3 Å². The monoisotopic (exact) mass is 244 g/mol. The second kappa shape index (κ2) is 3.82. The van der Waals surface area contributed by atoms with Crippen molar-refractivity contribution in [2.75, 3.05) is 0 Å². The quantitative estimate of drug-likeness (QED) is 0.686. The van der Waals surface area contributed by atoms with E-state index in [2.05, 4.69) is 0 Å². The maximum Gasteiger partial charge on any atom is 0.202 e. The molecule has 0 spiro atoms. The van der Waals surface area contributed by atoms with Gasteiger partial charge >= 0.3 is 0 Å². The lowest BCUT2D eigenvalue weighted by Gasteiger charge is -1.99. The number of fused-ring (bicyclic) bond motifs is 1. The molecule has 3 rings (SSSR count). The fourth-order valence-corrected chi connectivity index (χ4v) is 2.22. The minimum atomic E-state index is 0.201. The van der Waals surface area contributed by atoms with Crippen LogP contribution in [-0.2, 0) is 0 Å². The third-order valence-electron chi connectivity index (χ3n) is 2.69. The second-order valence-corrected chi connectivity index (χ2v) is 4.14. The fraction of sp³-hybridized carbons (Fsp3) is 0. The normalized spacial score (nSPS) is 10.9. The molecule has 3 heteroatoms. The van der Waals surface area contributed by atoms with Crippen LogP contribution in [0.15, 0.2) is 52.9 Å². The van der Waals surface area contributed by atoms with Crippen LogP contribution in [0.25, 0.3) is 22.1 Å². The van der Waals surface area contributed by atoms with E-state index in [9.17, 15) is 5.11 Å². The van der Waals surface area contributed by atoms with Crippen molar-refractivity contribution in [1.29, 1.82) is 0 Å². The standard InChI is InChI=1S/C14H9ClO2/c15-14-13(9-4-2-1-3-5-9)11-8-10(16)6-7-12(11)17-14/h1-8,16H. The summed E-state index contributed by atoms with van der Waals surface area (Å²) in [5.41, 5.74) is 2.46. The highest BCUT2D eigenvalue weighted by Gasteiger charge is 2.14. The number of furan rings is 1. The summed E-state index contributed by atoms with van der Waals surface area (Å²) in [6.45, 7) is 0. The van der Waals surface area contributed by atoms with E-state index in [1.54, 1.807) is 18.2 Å². The van der Waals surface area contributed by atoms with E-state index in [4.69, 9.17) is 16.0 Å². The summed E-state index contributed by atoms with van der Waals surface area (Å²) in [5.74, 6) is 0.201. The molecule has 1 heterocycles. The lowest BCUT2D eigenvalue weighted by molar-refractivity contribution is 0.476. The Kier molecular flexibility index (Phi) is 2.30. The van der Waals surface area contributed by atoms with Crippen molar-refractivity contribution in [3.63, 3.8) is 0 Å². The first-order valence-corrected chi connectivity index (χ1v) is 5.60. The molecule has 0 amide bonds. The molecule has 0 unspecified atom stereocenters. The van der Waals surface area contributed by atoms with Gasteiger partial charge < -0.3 is 9.52 Å². The summed E-state index contributed by atoms with van der Waals surface area (Å²) in [4.78, 5) is 0. The topological polar surface area (TPSA) is 33.4 Å². The molecule has 0 aliphatic heterocycles. The highest BCUT2D eigenvalue weighted by molar-refractivity contribution is 6.33. The largest absolute Gasteiger partial charge is 0.508 e. The van der Waals surface area contributed by atoms with Gasteiger partial charge in [-0.2, -0.15) is 0 Å². The highest BCUT2D eigenvalue weighted by atomic mass is 35.5. The van der Waals surface area contributed by atoms with Crippen LogP contribution in [0.1, 0.15) is 0 Å². The molecule has 1 aromatic heterocycles. The van der Waals surface area contributed by atoms with E-state index in [1.165, 1.54) is 0 Å². The first-order chi connectivity index (χ1) is 8.25. The van der Waals surface area contributed by atoms with Gasteiger partial charge in [-0.25, -0.2) is 0 Å². The van der Waals surface area contributed by atoms with E-state index < -0.39 is 0 Å². The smallest absolute Gasteiger partial charge is 0.202 e. The van der Waals surface area contributed by atoms with Crippen molar-refractivity contribution < 1.29 is 9.52 Å². The Bertz CT molecular complexity index is 671. The molecule has 0 radical (unpaired) electrons. The van der Waals surface area contributed by atoms with Gasteiger partial charge in [-0.05, 0) is 35.4 Å². The number of benzene rings is 2. The Balaban J connectivity index is 2.35. The van der Waals surface area contributed by atoms with Gasteiger partial charge in [0, 0.05) is 10.9 Å². The molecular formula is C14H9ClO2. The maximum atomic E-state index is 9.53. The van der Waals surface area contributed by atoms with Crippen LogP contribution < -0.4 is 0 Å². The van der Waals surface area contributed by atoms with Gasteiger partial charge in [0.25, 0.3) is 0 Å². The number of phenols is 1. The lowest BCUT2D eigenvalue weighted by Crippen LogP contribution is -1.75. The molecule has 3 aromatic rings. The van der Waals surface area contributed by atoms with E-state index in [-0.39, 0.29) is 5.75 Å². The third-order valence-corrected chi connectivity index (χ3v) is 2.96. The van der Waals surface area contributed by atoms with Crippen molar-refractivity contribution in [1.82, 2.24) is 0 Å². The van der Waals surface area contributed by atoms with Crippen molar-refractivity contribution in [3.8, 4) is 16.9 Å². The Morgan fingerprint density at radius 3 is 2.53 bits per heavy atom. The molecule has 1 N–H and O–H groups in total. The number of halogens is 1. The Morgan fingerprint density at radius 2 is 1.76 bits per heavy atom. The summed E-state index contributed by atoms with van der Waals surface area (Å²) in [6, 6.07) is 14.7. The summed E-state index contributed by atoms with van der Waals surface area (Å²) >= 11 is 6.11. The molecule has 84 valence electrons. The van der Waals surface area contributed by atoms with Gasteiger partial charge in [0.2, 0.25) is 5.22 Å². The Hall–Kier alpha value is -1.93. The fourth-order valence-electron chi connectivity index (χ4n) is 1.93. The molecule has 17 heavy (non-hydrogen) atoms. The molecule has 2 nitrogen and oxygen atoms in total. The van der Waals surface area contributed by atoms with Gasteiger partial charge in [-0.15, -0.1) is 0 Å². The number of hydrogen-bond acceptors (Lipinski definition) is 2. The molecule has 0 atom stereocenters. The predicted octanol–water partition coefficient (Wildman–Crippen LogP) is 4.46. The minimum Gasteiger partial charge on any atom is -0.508 e. The molecule has 0 saturated heterocycles. The lowest BCUT2D eigenvalue weighted by atomic mass is 10.0. The van der Waals surface area contributed by atoms with Gasteiger partial charge in [0.1, 0.15) is 11.3 Å². The number of aromatic hydroxyl groups is 1. The molecule has 0 aliphatic carbocycles. The molecule has 0 fully saturated rings. The predicted molar refractivity (Wildman–Crippen MR) is 68.3 cm³/mol. The Morgan fingerprint density at radius 1 is 1.00 bits per heavy atom. The molecule has 0 bridgehead atoms. The van der Waals surface area contributed by atoms with Gasteiger partial charge in [0.05, 0.1) is 0 Å². The van der Waals surface area contributed by atoms with Crippen LogP contribution in [-0.4, -0.2) is 5.11 Å². The molecule has 2 aromatic carbocycles. The third kappa shape index (κ3) is 1.67. The molecule has 0 aliphatic rings. The van der Waals surface area contributed by atoms with Crippen LogP contribution in [0.3, 0.4) is 0 Å². The zero-order valence-electron chi connectivity index (χ0n) is 8.85. The van der Waals surface area contributed by atoms with Crippen molar-refractivity contribution in [2.24, 2.45) is 0 Å². The van der Waals surface area contributed by atoms with Crippen LogP contribution >= 0.6 is 11.6 Å². The molecular weight excluding hydrogens is 236 g/mol. The van der Waals surface area contributed by atoms with Gasteiger partial charge in [-0.3, -0.25) is 0 Å². The van der Waals surface area contributed by atoms with Crippen LogP contribution in [0, 0.1) is 0 Å². The average Bonchev–Trinajstić information content (AvgIpc) is 2.65. The maximum absolute atomic E-state index is 9.53. The van der Waals surface area contributed by atoms with E-state index in [1.807, 2.05) is 30.3 Å². The summed E-state index contributed by atoms with van der Waals surface area (Å²) < 4.78 is 5.46. The Labute approximate surface area is 103 Å². The SMILES string of the molecule is Oc1ccc2oc(Cl)c(-c3ccccc3)c2c1. The van der Waals surface area contributed by atoms with Crippen LogP contribution in [0.5, 0.6) is 5.75 Å². The zero-order chi connectivity index (χ0) is 11.8. The van der Waals surface area contributed by atoms with E-state index >= 15 is 0 Å². The van der Waals surface area contributed by atoms with Crippen molar-refractivity contribution >= 4 is 22.6 Å². The highest BCUT2D eigenvalue weighted by Crippen LogP contribution is 2.39. The number of rotatable bonds is 1. The van der Waals surface area contributed by atoms with Crippen LogP contribution in [0.2, 0.25) is 5.22 Å². The summed E-state index contributed by atoms with van der Waals surface area (Å²) in [5, 5.41) is 10.7. The van der Waals surface area contributed by atoms with E-state index in [0.29, 0.717) is 10.8 Å². The average molecular weight is 245 g/mol. The van der Waals surface area contributed by atoms with Gasteiger partial charge in [0.15, 0.2) is 0 Å². The summed E-state index contributed by atoms with van der Waals surface area (Å²) in [7, 11) is 0. The number of hydrogen-bond donors (Lipinski definition) is 1. The minimum absolute atomic E-state index is 0.201. The van der Waals surface area contributed by atoms with Crippen molar-refractivity contribution in [3.05, 3.63) is 53.8 Å².